The standard InChI is InChI=1S/C11H15ClFNO3S/c1-17-7-3-2-6-14-18(15,16)9-4-5-11(13)10(12)8-9/h4-5,8,14H,2-3,6-7H2,1H3. The van der Waals surface area contributed by atoms with E-state index in [-0.39, 0.29) is 9.92 Å². The number of nitrogens with one attached hydrogen (secondary N) is 1. The molecule has 4 nitrogen and oxygen atoms in total. The molecular formula is C11H15ClFNO3S. The van der Waals surface area contributed by atoms with Gasteiger partial charge in [0, 0.05) is 20.3 Å². The number of unbranched alkanes of at least 4 members (excludes halogenated alkanes) is 1. The third-order valence-corrected chi connectivity index (χ3v) is 4.02. The monoisotopic (exact) mass is 295 g/mol. The molecule has 1 N–H and O–H groups in total. The topological polar surface area (TPSA) is 55.4 Å². The number of benzene rings is 1. The van der Waals surface area contributed by atoms with Gasteiger partial charge >= 0.3 is 0 Å². The Morgan fingerprint density at radius 1 is 1.39 bits per heavy atom. The molecule has 18 heavy (non-hydrogen) atoms. The van der Waals surface area contributed by atoms with Gasteiger partial charge in [-0.2, -0.15) is 0 Å². The molecule has 1 aromatic rings. The van der Waals surface area contributed by atoms with Gasteiger partial charge in [0.2, 0.25) is 10.0 Å². The van der Waals surface area contributed by atoms with Crippen molar-refractivity contribution in [3.8, 4) is 0 Å². The molecule has 0 bridgehead atoms. The van der Waals surface area contributed by atoms with E-state index in [1.807, 2.05) is 0 Å². The minimum Gasteiger partial charge on any atom is -0.385 e. The zero-order valence-corrected chi connectivity index (χ0v) is 11.5. The fraction of sp³-hybridized carbons (Fsp3) is 0.455. The molecule has 0 unspecified atom stereocenters. The number of ether oxygens (including phenoxy) is 1. The van der Waals surface area contributed by atoms with Crippen LogP contribution >= 0.6 is 11.6 Å². The van der Waals surface area contributed by atoms with Gasteiger partial charge in [-0.25, -0.2) is 17.5 Å². The average Bonchev–Trinajstić information content (AvgIpc) is 2.32. The summed E-state index contributed by atoms with van der Waals surface area (Å²) in [7, 11) is -2.04. The van der Waals surface area contributed by atoms with Gasteiger partial charge in [0.25, 0.3) is 0 Å². The first-order valence-electron chi connectivity index (χ1n) is 5.41. The molecule has 7 heteroatoms. The Kier molecular flexibility index (Phi) is 6.01. The van der Waals surface area contributed by atoms with Gasteiger partial charge in [0.1, 0.15) is 5.82 Å². The molecule has 1 aromatic carbocycles. The highest BCUT2D eigenvalue weighted by Crippen LogP contribution is 2.19. The molecule has 0 fully saturated rings. The molecular weight excluding hydrogens is 281 g/mol. The summed E-state index contributed by atoms with van der Waals surface area (Å²) in [6.07, 6.45) is 1.44. The summed E-state index contributed by atoms with van der Waals surface area (Å²) in [6, 6.07) is 3.30. The first-order chi connectivity index (χ1) is 8.47. The van der Waals surface area contributed by atoms with Gasteiger partial charge in [-0.3, -0.25) is 0 Å². The molecule has 0 saturated heterocycles. The Bertz CT molecular complexity index is 493. The van der Waals surface area contributed by atoms with E-state index in [4.69, 9.17) is 16.3 Å². The Morgan fingerprint density at radius 2 is 2.11 bits per heavy atom. The third kappa shape index (κ3) is 4.53. The van der Waals surface area contributed by atoms with Crippen LogP contribution in [-0.4, -0.2) is 28.7 Å². The molecule has 0 aliphatic rings. The quantitative estimate of drug-likeness (QED) is 0.785. The van der Waals surface area contributed by atoms with Crippen molar-refractivity contribution in [1.82, 2.24) is 4.72 Å². The van der Waals surface area contributed by atoms with E-state index in [2.05, 4.69) is 4.72 Å². The first-order valence-corrected chi connectivity index (χ1v) is 7.27. The minimum absolute atomic E-state index is 0.0411. The third-order valence-electron chi connectivity index (χ3n) is 2.27. The van der Waals surface area contributed by atoms with Crippen LogP contribution in [0.1, 0.15) is 12.8 Å². The highest BCUT2D eigenvalue weighted by atomic mass is 35.5. The van der Waals surface area contributed by atoms with Crippen molar-refractivity contribution in [2.45, 2.75) is 17.7 Å². The van der Waals surface area contributed by atoms with E-state index in [1.165, 1.54) is 6.07 Å². The summed E-state index contributed by atoms with van der Waals surface area (Å²) < 4.78 is 43.8. The van der Waals surface area contributed by atoms with Crippen molar-refractivity contribution < 1.29 is 17.5 Å². The van der Waals surface area contributed by atoms with Gasteiger partial charge in [-0.1, -0.05) is 11.6 Å². The normalized spacial score (nSPS) is 11.7. The number of rotatable bonds is 7. The molecule has 0 aliphatic heterocycles. The molecule has 0 radical (unpaired) electrons. The predicted molar refractivity (Wildman–Crippen MR) is 67.7 cm³/mol. The van der Waals surface area contributed by atoms with Crippen LogP contribution in [0.15, 0.2) is 23.1 Å². The van der Waals surface area contributed by atoms with Crippen LogP contribution in [0, 0.1) is 5.82 Å². The van der Waals surface area contributed by atoms with Crippen molar-refractivity contribution in [3.63, 3.8) is 0 Å². The summed E-state index contributed by atoms with van der Waals surface area (Å²) in [6.45, 7) is 0.894. The average molecular weight is 296 g/mol. The van der Waals surface area contributed by atoms with Crippen molar-refractivity contribution in [1.29, 1.82) is 0 Å². The smallest absolute Gasteiger partial charge is 0.240 e. The zero-order valence-electron chi connectivity index (χ0n) is 9.95. The van der Waals surface area contributed by atoms with Crippen LogP contribution < -0.4 is 4.72 Å². The van der Waals surface area contributed by atoms with Crippen LogP contribution in [0.25, 0.3) is 0 Å². The van der Waals surface area contributed by atoms with Gasteiger partial charge in [0.15, 0.2) is 0 Å². The van der Waals surface area contributed by atoms with Gasteiger partial charge in [-0.15, -0.1) is 0 Å². The number of hydrogen-bond donors (Lipinski definition) is 1. The number of sulfonamides is 1. The maximum absolute atomic E-state index is 12.9. The zero-order chi connectivity index (χ0) is 13.6. The molecule has 0 spiro atoms. The minimum atomic E-state index is -3.63. The Hall–Kier alpha value is -0.690. The van der Waals surface area contributed by atoms with E-state index in [9.17, 15) is 12.8 Å². The molecule has 0 amide bonds. The summed E-state index contributed by atoms with van der Waals surface area (Å²) in [5.74, 6) is -0.643. The molecule has 0 atom stereocenters. The summed E-state index contributed by atoms with van der Waals surface area (Å²) in [5.41, 5.74) is 0. The Balaban J connectivity index is 2.60. The molecule has 1 rings (SSSR count). The second-order valence-electron chi connectivity index (χ2n) is 3.67. The highest BCUT2D eigenvalue weighted by molar-refractivity contribution is 7.89. The Morgan fingerprint density at radius 3 is 2.72 bits per heavy atom. The van der Waals surface area contributed by atoms with Crippen LogP contribution in [0.3, 0.4) is 0 Å². The lowest BCUT2D eigenvalue weighted by Gasteiger charge is -2.07. The maximum atomic E-state index is 12.9. The fourth-order valence-electron chi connectivity index (χ4n) is 1.31. The lowest BCUT2D eigenvalue weighted by molar-refractivity contribution is 0.193. The van der Waals surface area contributed by atoms with Gasteiger partial charge in [0.05, 0.1) is 9.92 Å². The number of halogens is 2. The maximum Gasteiger partial charge on any atom is 0.240 e. The molecule has 0 aliphatic carbocycles. The van der Waals surface area contributed by atoms with Crippen molar-refractivity contribution in [2.24, 2.45) is 0 Å². The summed E-state index contributed by atoms with van der Waals surface area (Å²) >= 11 is 5.54. The fourth-order valence-corrected chi connectivity index (χ4v) is 2.65. The van der Waals surface area contributed by atoms with E-state index < -0.39 is 15.8 Å². The van der Waals surface area contributed by atoms with Crippen molar-refractivity contribution in [2.75, 3.05) is 20.3 Å². The number of hydrogen-bond acceptors (Lipinski definition) is 3. The lowest BCUT2D eigenvalue weighted by Crippen LogP contribution is -2.25. The summed E-state index contributed by atoms with van der Waals surface area (Å²) in [5, 5.41) is -0.211. The Labute approximate surface area is 111 Å². The van der Waals surface area contributed by atoms with E-state index in [1.54, 1.807) is 7.11 Å². The largest absolute Gasteiger partial charge is 0.385 e. The van der Waals surface area contributed by atoms with E-state index in [0.29, 0.717) is 19.6 Å². The molecule has 0 saturated carbocycles. The van der Waals surface area contributed by atoms with Crippen LogP contribution in [0.4, 0.5) is 4.39 Å². The SMILES string of the molecule is COCCCCNS(=O)(=O)c1ccc(F)c(Cl)c1. The van der Waals surface area contributed by atoms with Crippen molar-refractivity contribution >= 4 is 21.6 Å². The highest BCUT2D eigenvalue weighted by Gasteiger charge is 2.14. The van der Waals surface area contributed by atoms with Crippen LogP contribution in [0.2, 0.25) is 5.02 Å². The van der Waals surface area contributed by atoms with E-state index >= 15 is 0 Å². The summed E-state index contributed by atoms with van der Waals surface area (Å²) in [4.78, 5) is -0.0411. The second-order valence-corrected chi connectivity index (χ2v) is 5.85. The predicted octanol–water partition coefficient (Wildman–Crippen LogP) is 2.18. The van der Waals surface area contributed by atoms with E-state index in [0.717, 1.165) is 18.6 Å². The van der Waals surface area contributed by atoms with Gasteiger partial charge in [-0.05, 0) is 31.0 Å². The lowest BCUT2D eigenvalue weighted by atomic mass is 10.3. The first kappa shape index (κ1) is 15.4. The number of methoxy groups -OCH3 is 1. The van der Waals surface area contributed by atoms with Gasteiger partial charge < -0.3 is 4.74 Å². The van der Waals surface area contributed by atoms with Crippen LogP contribution in [0.5, 0.6) is 0 Å². The second kappa shape index (κ2) is 7.04. The molecule has 0 aromatic heterocycles. The van der Waals surface area contributed by atoms with Crippen molar-refractivity contribution in [3.05, 3.63) is 29.0 Å². The molecule has 102 valence electrons. The van der Waals surface area contributed by atoms with Crippen LogP contribution in [-0.2, 0) is 14.8 Å². The molecule has 0 heterocycles.